The first-order chi connectivity index (χ1) is 14.5. The molecule has 0 amide bonds. The Balaban J connectivity index is 1.61. The predicted molar refractivity (Wildman–Crippen MR) is 125 cm³/mol. The lowest BCUT2D eigenvalue weighted by Gasteiger charge is -2.37. The quantitative estimate of drug-likeness (QED) is 0.635. The Labute approximate surface area is 182 Å². The van der Waals surface area contributed by atoms with E-state index in [-0.39, 0.29) is 0 Å². The van der Waals surface area contributed by atoms with Gasteiger partial charge in [-0.25, -0.2) is 9.97 Å². The van der Waals surface area contributed by atoms with Gasteiger partial charge >= 0.3 is 0 Å². The van der Waals surface area contributed by atoms with Gasteiger partial charge in [-0.1, -0.05) is 0 Å². The summed E-state index contributed by atoms with van der Waals surface area (Å²) >= 11 is 1.79. The molecule has 1 fully saturated rings. The first-order valence-corrected chi connectivity index (χ1v) is 11.7. The van der Waals surface area contributed by atoms with Crippen molar-refractivity contribution in [2.75, 3.05) is 49.1 Å². The maximum absolute atomic E-state index is 9.56. The number of aromatic nitrogens is 2. The third kappa shape index (κ3) is 4.09. The van der Waals surface area contributed by atoms with E-state index in [0.29, 0.717) is 5.75 Å². The molecule has 30 heavy (non-hydrogen) atoms. The average molecular weight is 427 g/mol. The highest BCUT2D eigenvalue weighted by Crippen LogP contribution is 2.35. The van der Waals surface area contributed by atoms with Crippen molar-refractivity contribution in [1.29, 1.82) is 0 Å². The molecule has 160 valence electrons. The fourth-order valence-electron chi connectivity index (χ4n) is 4.14. The Morgan fingerprint density at radius 1 is 0.967 bits per heavy atom. The number of phenols is 1. The number of nitrogens with zero attached hydrogens (tertiary/aromatic N) is 4. The number of piperazine rings is 1. The summed E-state index contributed by atoms with van der Waals surface area (Å²) in [4.78, 5) is 18.8. The molecular weight excluding hydrogens is 394 g/mol. The molecule has 0 bridgehead atoms. The molecular formula is C23H32N5OS+. The van der Waals surface area contributed by atoms with Crippen molar-refractivity contribution in [2.45, 2.75) is 34.2 Å². The van der Waals surface area contributed by atoms with E-state index in [1.54, 1.807) is 23.5 Å². The SMILES string of the molecule is CC[NH+](CC)Cc1nc(N2CCN(c3ccc(O)cc3)CC2)c2c(C)c(C)sc2n1. The van der Waals surface area contributed by atoms with Crippen LogP contribution in [0.2, 0.25) is 0 Å². The monoisotopic (exact) mass is 426 g/mol. The molecule has 1 saturated heterocycles. The lowest BCUT2D eigenvalue weighted by molar-refractivity contribution is -0.910. The van der Waals surface area contributed by atoms with Gasteiger partial charge in [0, 0.05) is 36.7 Å². The van der Waals surface area contributed by atoms with Gasteiger partial charge in [-0.2, -0.15) is 0 Å². The fourth-order valence-corrected chi connectivity index (χ4v) is 5.19. The summed E-state index contributed by atoms with van der Waals surface area (Å²) in [5, 5.41) is 10.8. The predicted octanol–water partition coefficient (Wildman–Crippen LogP) is 2.77. The molecule has 0 unspecified atom stereocenters. The summed E-state index contributed by atoms with van der Waals surface area (Å²) in [7, 11) is 0. The standard InChI is InChI=1S/C23H31N5OS/c1-5-26(6-2)15-20-24-22(21-16(3)17(4)30-23(21)25-20)28-13-11-27(12-14-28)18-7-9-19(29)10-8-18/h7-10,29H,5-6,11-15H2,1-4H3/p+1. The number of anilines is 2. The van der Waals surface area contributed by atoms with Crippen LogP contribution in [-0.2, 0) is 6.54 Å². The van der Waals surface area contributed by atoms with Gasteiger partial charge in [-0.15, -0.1) is 11.3 Å². The number of nitrogens with one attached hydrogen (secondary N) is 1. The van der Waals surface area contributed by atoms with Crippen LogP contribution in [0.3, 0.4) is 0 Å². The van der Waals surface area contributed by atoms with E-state index in [1.807, 2.05) is 12.1 Å². The molecule has 3 aromatic rings. The van der Waals surface area contributed by atoms with Crippen LogP contribution in [0, 0.1) is 13.8 Å². The van der Waals surface area contributed by atoms with Crippen molar-refractivity contribution < 1.29 is 10.0 Å². The Morgan fingerprint density at radius 2 is 1.60 bits per heavy atom. The number of hydrogen-bond donors (Lipinski definition) is 2. The van der Waals surface area contributed by atoms with Crippen molar-refractivity contribution >= 4 is 33.1 Å². The van der Waals surface area contributed by atoms with E-state index in [2.05, 4.69) is 37.5 Å². The topological polar surface area (TPSA) is 56.9 Å². The Bertz CT molecular complexity index is 1000. The summed E-state index contributed by atoms with van der Waals surface area (Å²) in [5.41, 5.74) is 2.47. The van der Waals surface area contributed by atoms with E-state index in [0.717, 1.165) is 68.0 Å². The molecule has 1 aromatic carbocycles. The summed E-state index contributed by atoms with van der Waals surface area (Å²) in [6.07, 6.45) is 0. The minimum absolute atomic E-state index is 0.312. The van der Waals surface area contributed by atoms with Gasteiger partial charge in [-0.05, 0) is 57.5 Å². The second-order valence-corrected chi connectivity index (χ2v) is 9.25. The molecule has 1 aliphatic heterocycles. The Morgan fingerprint density at radius 3 is 2.23 bits per heavy atom. The van der Waals surface area contributed by atoms with Gasteiger partial charge in [0.2, 0.25) is 0 Å². The first kappa shape index (κ1) is 20.9. The minimum atomic E-state index is 0.312. The van der Waals surface area contributed by atoms with E-state index in [1.165, 1.54) is 20.7 Å². The van der Waals surface area contributed by atoms with Gasteiger partial charge in [0.1, 0.15) is 22.9 Å². The zero-order valence-electron chi connectivity index (χ0n) is 18.4. The third-order valence-electron chi connectivity index (χ3n) is 6.26. The van der Waals surface area contributed by atoms with Crippen LogP contribution < -0.4 is 14.7 Å². The zero-order chi connectivity index (χ0) is 21.3. The number of fused-ring (bicyclic) bond motifs is 1. The number of aryl methyl sites for hydroxylation is 2. The molecule has 0 aliphatic carbocycles. The normalized spacial score (nSPS) is 14.8. The number of quaternary nitrogens is 1. The van der Waals surface area contributed by atoms with E-state index < -0.39 is 0 Å². The van der Waals surface area contributed by atoms with Crippen LogP contribution in [0.4, 0.5) is 11.5 Å². The molecule has 2 aromatic heterocycles. The van der Waals surface area contributed by atoms with E-state index in [9.17, 15) is 5.11 Å². The largest absolute Gasteiger partial charge is 0.508 e. The van der Waals surface area contributed by atoms with Gasteiger partial charge in [0.25, 0.3) is 0 Å². The van der Waals surface area contributed by atoms with Crippen molar-refractivity contribution in [2.24, 2.45) is 0 Å². The lowest BCUT2D eigenvalue weighted by atomic mass is 10.2. The van der Waals surface area contributed by atoms with Crippen LogP contribution in [-0.4, -0.2) is 54.3 Å². The third-order valence-corrected chi connectivity index (χ3v) is 7.36. The summed E-state index contributed by atoms with van der Waals surface area (Å²) < 4.78 is 0. The van der Waals surface area contributed by atoms with Gasteiger partial charge in [-0.3, -0.25) is 0 Å². The molecule has 2 N–H and O–H groups in total. The van der Waals surface area contributed by atoms with Crippen molar-refractivity contribution in [3.8, 4) is 5.75 Å². The molecule has 1 aliphatic rings. The highest BCUT2D eigenvalue weighted by molar-refractivity contribution is 7.18. The van der Waals surface area contributed by atoms with Crippen LogP contribution in [0.5, 0.6) is 5.75 Å². The highest BCUT2D eigenvalue weighted by atomic mass is 32.1. The van der Waals surface area contributed by atoms with Gasteiger partial charge in [0.05, 0.1) is 18.5 Å². The molecule has 4 rings (SSSR count). The summed E-state index contributed by atoms with van der Waals surface area (Å²) in [5.74, 6) is 2.37. The Hall–Kier alpha value is -2.38. The van der Waals surface area contributed by atoms with Crippen molar-refractivity contribution in [3.05, 3.63) is 40.5 Å². The highest BCUT2D eigenvalue weighted by Gasteiger charge is 2.24. The number of aromatic hydroxyl groups is 1. The fraction of sp³-hybridized carbons (Fsp3) is 0.478. The molecule has 0 saturated carbocycles. The Kier molecular flexibility index (Phi) is 6.11. The van der Waals surface area contributed by atoms with E-state index >= 15 is 0 Å². The second kappa shape index (κ2) is 8.78. The van der Waals surface area contributed by atoms with Gasteiger partial charge in [0.15, 0.2) is 5.82 Å². The molecule has 0 spiro atoms. The maximum atomic E-state index is 9.56. The molecule has 6 nitrogen and oxygen atoms in total. The first-order valence-electron chi connectivity index (χ1n) is 10.9. The van der Waals surface area contributed by atoms with Crippen molar-refractivity contribution in [3.63, 3.8) is 0 Å². The minimum Gasteiger partial charge on any atom is -0.508 e. The van der Waals surface area contributed by atoms with E-state index in [4.69, 9.17) is 9.97 Å². The van der Waals surface area contributed by atoms with Crippen LogP contribution in [0.1, 0.15) is 30.1 Å². The second-order valence-electron chi connectivity index (χ2n) is 8.05. The molecule has 7 heteroatoms. The van der Waals surface area contributed by atoms with Gasteiger partial charge < -0.3 is 19.8 Å². The zero-order valence-corrected chi connectivity index (χ0v) is 19.2. The molecule has 0 radical (unpaired) electrons. The average Bonchev–Trinajstić information content (AvgIpc) is 3.05. The summed E-state index contributed by atoms with van der Waals surface area (Å²) in [6.45, 7) is 15.6. The van der Waals surface area contributed by atoms with Crippen LogP contribution in [0.15, 0.2) is 24.3 Å². The van der Waals surface area contributed by atoms with Crippen LogP contribution in [0.25, 0.3) is 10.2 Å². The number of phenolic OH excluding ortho intramolecular Hbond substituents is 1. The molecule has 0 atom stereocenters. The number of hydrogen-bond acceptors (Lipinski definition) is 6. The number of benzene rings is 1. The number of thiophene rings is 1. The number of rotatable bonds is 6. The lowest BCUT2D eigenvalue weighted by Crippen LogP contribution is -3.10. The maximum Gasteiger partial charge on any atom is 0.187 e. The smallest absolute Gasteiger partial charge is 0.187 e. The van der Waals surface area contributed by atoms with Crippen molar-refractivity contribution in [1.82, 2.24) is 9.97 Å². The van der Waals surface area contributed by atoms with Crippen LogP contribution >= 0.6 is 11.3 Å². The molecule has 3 heterocycles. The summed E-state index contributed by atoms with van der Waals surface area (Å²) in [6, 6.07) is 7.50.